The summed E-state index contributed by atoms with van der Waals surface area (Å²) in [5.74, 6) is -0.193. The summed E-state index contributed by atoms with van der Waals surface area (Å²) in [6.07, 6.45) is 78.3. The van der Waals surface area contributed by atoms with E-state index in [2.05, 4.69) is 92.1 Å². The van der Waals surface area contributed by atoms with E-state index in [-0.39, 0.29) is 12.5 Å². The Bertz CT molecular complexity index is 1540. The Kier molecular flexibility index (Phi) is 56.1. The zero-order chi connectivity index (χ0) is 57.9. The molecule has 1 aliphatic rings. The van der Waals surface area contributed by atoms with Gasteiger partial charge in [0.25, 0.3) is 0 Å². The van der Waals surface area contributed by atoms with Crippen LogP contribution >= 0.6 is 0 Å². The van der Waals surface area contributed by atoms with E-state index >= 15 is 0 Å². The molecule has 80 heavy (non-hydrogen) atoms. The Morgan fingerprint density at radius 3 is 1.20 bits per heavy atom. The summed E-state index contributed by atoms with van der Waals surface area (Å²) in [6, 6.07) is -0.836. The van der Waals surface area contributed by atoms with Crippen molar-refractivity contribution in [2.24, 2.45) is 0 Å². The molecule has 1 amide bonds. The Hall–Kier alpha value is -2.63. The van der Waals surface area contributed by atoms with Gasteiger partial charge in [0, 0.05) is 6.42 Å². The molecular weight excluding hydrogens is 995 g/mol. The first-order valence-corrected chi connectivity index (χ1v) is 33.8. The van der Waals surface area contributed by atoms with Crippen LogP contribution in [0.1, 0.15) is 303 Å². The second kappa shape index (κ2) is 59.5. The van der Waals surface area contributed by atoms with Crippen molar-refractivity contribution in [2.45, 2.75) is 346 Å². The van der Waals surface area contributed by atoms with E-state index in [1.54, 1.807) is 6.08 Å². The molecule has 0 saturated carbocycles. The molecular formula is C71H127NO8. The molecule has 9 heteroatoms. The van der Waals surface area contributed by atoms with Gasteiger partial charge in [-0.1, -0.05) is 298 Å². The molecule has 1 aliphatic heterocycles. The Labute approximate surface area is 492 Å². The zero-order valence-electron chi connectivity index (χ0n) is 51.8. The second-order valence-corrected chi connectivity index (χ2v) is 23.2. The first kappa shape index (κ1) is 75.4. The van der Waals surface area contributed by atoms with E-state index in [1.807, 2.05) is 6.08 Å². The largest absolute Gasteiger partial charge is 0.394 e. The molecule has 1 rings (SSSR count). The van der Waals surface area contributed by atoms with Gasteiger partial charge >= 0.3 is 0 Å². The number of carbonyl (C=O) groups is 1. The maximum Gasteiger partial charge on any atom is 0.220 e. The molecule has 6 N–H and O–H groups in total. The van der Waals surface area contributed by atoms with Crippen molar-refractivity contribution < 1.29 is 39.8 Å². The van der Waals surface area contributed by atoms with Crippen LogP contribution in [-0.4, -0.2) is 87.5 Å². The van der Waals surface area contributed by atoms with Gasteiger partial charge in [0.05, 0.1) is 25.4 Å². The molecule has 7 atom stereocenters. The monoisotopic (exact) mass is 1120 g/mol. The van der Waals surface area contributed by atoms with E-state index < -0.39 is 49.5 Å². The molecule has 7 unspecified atom stereocenters. The standard InChI is InChI=1S/C71H127NO8/c1-3-5-7-9-11-13-15-17-19-21-23-25-27-29-30-31-32-33-34-35-37-38-40-42-44-46-48-50-52-54-56-58-60-65(74)64(63-79-71-70(78)69(77)68(76)66(62-73)80-71)72-67(75)61-59-57-55-53-51-49-47-45-43-41-39-36-28-26-24-22-20-18-16-14-12-10-8-6-4-2/h6,8,12,14,18,20,24,26,42,44,50,52,58,60,64-66,68-71,73-74,76-78H,3-5,7,9-11,13,15-17,19,21-23,25,27-41,43,45-49,51,53-57,59,61-63H2,1-2H3,(H,72,75)/b8-6-,14-12-,20-18-,26-24-,44-42+,52-50+,60-58+. The molecule has 0 bridgehead atoms. The minimum atomic E-state index is -1.58. The van der Waals surface area contributed by atoms with Gasteiger partial charge in [0.15, 0.2) is 6.29 Å². The smallest absolute Gasteiger partial charge is 0.220 e. The van der Waals surface area contributed by atoms with Crippen LogP contribution in [0.2, 0.25) is 0 Å². The van der Waals surface area contributed by atoms with E-state index in [9.17, 15) is 30.3 Å². The average molecular weight is 1120 g/mol. The minimum Gasteiger partial charge on any atom is -0.394 e. The highest BCUT2D eigenvalue weighted by Crippen LogP contribution is 2.23. The molecule has 1 fully saturated rings. The first-order chi connectivity index (χ1) is 39.3. The number of unbranched alkanes of at least 4 members (excludes halogenated alkanes) is 36. The number of ether oxygens (including phenoxy) is 2. The summed E-state index contributed by atoms with van der Waals surface area (Å²) in [7, 11) is 0. The number of hydrogen-bond donors (Lipinski definition) is 6. The number of rotatable bonds is 58. The lowest BCUT2D eigenvalue weighted by molar-refractivity contribution is -0.302. The van der Waals surface area contributed by atoms with Gasteiger partial charge < -0.3 is 40.3 Å². The highest BCUT2D eigenvalue weighted by Gasteiger charge is 2.44. The van der Waals surface area contributed by atoms with Gasteiger partial charge in [-0.25, -0.2) is 0 Å². The van der Waals surface area contributed by atoms with Gasteiger partial charge in [0.2, 0.25) is 5.91 Å². The van der Waals surface area contributed by atoms with Crippen LogP contribution in [0.15, 0.2) is 85.1 Å². The van der Waals surface area contributed by atoms with Gasteiger partial charge in [-0.15, -0.1) is 0 Å². The fourth-order valence-corrected chi connectivity index (χ4v) is 10.4. The van der Waals surface area contributed by atoms with Crippen molar-refractivity contribution in [3.63, 3.8) is 0 Å². The van der Waals surface area contributed by atoms with Crippen LogP contribution in [0.3, 0.4) is 0 Å². The van der Waals surface area contributed by atoms with Crippen molar-refractivity contribution in [1.82, 2.24) is 5.32 Å². The number of hydrogen-bond acceptors (Lipinski definition) is 8. The van der Waals surface area contributed by atoms with Crippen LogP contribution in [0.25, 0.3) is 0 Å². The molecule has 9 nitrogen and oxygen atoms in total. The van der Waals surface area contributed by atoms with E-state index in [0.29, 0.717) is 6.42 Å². The predicted octanol–water partition coefficient (Wildman–Crippen LogP) is 18.1. The molecule has 0 aromatic heterocycles. The van der Waals surface area contributed by atoms with E-state index in [0.717, 1.165) is 70.6 Å². The summed E-state index contributed by atoms with van der Waals surface area (Å²) in [4.78, 5) is 13.1. The zero-order valence-corrected chi connectivity index (χ0v) is 51.8. The van der Waals surface area contributed by atoms with Gasteiger partial charge in [0.1, 0.15) is 24.4 Å². The average Bonchev–Trinajstić information content (AvgIpc) is 3.46. The minimum absolute atomic E-state index is 0.193. The van der Waals surface area contributed by atoms with Crippen LogP contribution in [-0.2, 0) is 14.3 Å². The topological polar surface area (TPSA) is 149 Å². The predicted molar refractivity (Wildman–Crippen MR) is 341 cm³/mol. The quantitative estimate of drug-likeness (QED) is 0.0261. The van der Waals surface area contributed by atoms with Gasteiger partial charge in [-0.05, 0) is 83.5 Å². The molecule has 0 radical (unpaired) electrons. The molecule has 0 aliphatic carbocycles. The lowest BCUT2D eigenvalue weighted by atomic mass is 9.99. The summed E-state index contributed by atoms with van der Waals surface area (Å²) >= 11 is 0. The fraction of sp³-hybridized carbons (Fsp3) is 0.789. The van der Waals surface area contributed by atoms with Gasteiger partial charge in [-0.3, -0.25) is 4.79 Å². The van der Waals surface area contributed by atoms with Crippen LogP contribution in [0.4, 0.5) is 0 Å². The maximum absolute atomic E-state index is 13.1. The Balaban J connectivity index is 2.19. The number of allylic oxidation sites excluding steroid dienone is 13. The molecule has 1 heterocycles. The normalized spacial score (nSPS) is 19.0. The van der Waals surface area contributed by atoms with Crippen molar-refractivity contribution in [2.75, 3.05) is 13.2 Å². The Morgan fingerprint density at radius 1 is 0.438 bits per heavy atom. The second-order valence-electron chi connectivity index (χ2n) is 23.2. The highest BCUT2D eigenvalue weighted by molar-refractivity contribution is 5.76. The van der Waals surface area contributed by atoms with Crippen LogP contribution < -0.4 is 5.32 Å². The third kappa shape index (κ3) is 47.8. The molecule has 464 valence electrons. The third-order valence-corrected chi connectivity index (χ3v) is 15.7. The fourth-order valence-electron chi connectivity index (χ4n) is 10.4. The first-order valence-electron chi connectivity index (χ1n) is 33.8. The number of nitrogens with one attached hydrogen (secondary N) is 1. The maximum atomic E-state index is 13.1. The number of amides is 1. The van der Waals surface area contributed by atoms with Crippen LogP contribution in [0.5, 0.6) is 0 Å². The van der Waals surface area contributed by atoms with Crippen molar-refractivity contribution in [3.8, 4) is 0 Å². The van der Waals surface area contributed by atoms with Crippen molar-refractivity contribution in [3.05, 3.63) is 85.1 Å². The summed E-state index contributed by atoms with van der Waals surface area (Å²) in [6.45, 7) is 3.67. The van der Waals surface area contributed by atoms with E-state index in [4.69, 9.17) is 9.47 Å². The summed E-state index contributed by atoms with van der Waals surface area (Å²) in [5, 5.41) is 54.7. The van der Waals surface area contributed by atoms with Gasteiger partial charge in [-0.2, -0.15) is 0 Å². The molecule has 0 aromatic carbocycles. The molecule has 0 spiro atoms. The van der Waals surface area contributed by atoms with E-state index in [1.165, 1.54) is 212 Å². The molecule has 0 aromatic rings. The Morgan fingerprint density at radius 2 is 0.787 bits per heavy atom. The lowest BCUT2D eigenvalue weighted by Crippen LogP contribution is -2.60. The SMILES string of the molecule is CC/C=C\C/C=C\C/C=C\C/C=C\CCCCCCCCCCCCCCC(=O)NC(COC1OC(CO)C(O)C(O)C1O)C(O)/C=C/CC/C=C/CC/C=C/CCCCCCCCCCCCCCCCCCCCCCCC. The van der Waals surface area contributed by atoms with Crippen molar-refractivity contribution >= 4 is 5.91 Å². The third-order valence-electron chi connectivity index (χ3n) is 15.7. The summed E-state index contributed by atoms with van der Waals surface area (Å²) in [5.41, 5.74) is 0. The van der Waals surface area contributed by atoms with Crippen LogP contribution in [0, 0.1) is 0 Å². The lowest BCUT2D eigenvalue weighted by Gasteiger charge is -2.40. The van der Waals surface area contributed by atoms with Crippen molar-refractivity contribution in [1.29, 1.82) is 0 Å². The number of aliphatic hydroxyl groups excluding tert-OH is 5. The molecule has 1 saturated heterocycles. The number of carbonyl (C=O) groups excluding carboxylic acids is 1. The number of aliphatic hydroxyl groups is 5. The summed E-state index contributed by atoms with van der Waals surface area (Å²) < 4.78 is 11.3. The highest BCUT2D eigenvalue weighted by atomic mass is 16.7.